The minimum atomic E-state index is 0.0613. The first-order valence-corrected chi connectivity index (χ1v) is 9.44. The van der Waals surface area contributed by atoms with Gasteiger partial charge < -0.3 is 15.1 Å². The van der Waals surface area contributed by atoms with Gasteiger partial charge in [0.2, 0.25) is 11.8 Å². The maximum Gasteiger partial charge on any atom is 0.223 e. The van der Waals surface area contributed by atoms with Gasteiger partial charge in [0.05, 0.1) is 0 Å². The van der Waals surface area contributed by atoms with Crippen molar-refractivity contribution in [2.75, 3.05) is 39.3 Å². The Hall–Kier alpha value is -1.88. The Kier molecular flexibility index (Phi) is 6.08. The summed E-state index contributed by atoms with van der Waals surface area (Å²) in [5.41, 5.74) is 1.42. The third-order valence-electron chi connectivity index (χ3n) is 5.58. The largest absolute Gasteiger partial charge is 0.355 e. The number of likely N-dealkylation sites (tertiary alicyclic amines) is 2. The van der Waals surface area contributed by atoms with Crippen LogP contribution in [0.3, 0.4) is 0 Å². The maximum absolute atomic E-state index is 12.3. The lowest BCUT2D eigenvalue weighted by molar-refractivity contribution is -0.133. The molecule has 0 unspecified atom stereocenters. The van der Waals surface area contributed by atoms with E-state index in [0.29, 0.717) is 25.6 Å². The van der Waals surface area contributed by atoms with E-state index in [9.17, 15) is 9.59 Å². The molecule has 136 valence electrons. The molecular formula is C20H29N3O2. The van der Waals surface area contributed by atoms with E-state index in [1.165, 1.54) is 12.0 Å². The fraction of sp³-hybridized carbons (Fsp3) is 0.600. The minimum Gasteiger partial charge on any atom is -0.355 e. The normalized spacial score (nSPS) is 22.1. The second-order valence-electron chi connectivity index (χ2n) is 7.27. The fourth-order valence-corrected chi connectivity index (χ4v) is 3.97. The van der Waals surface area contributed by atoms with Crippen LogP contribution in [-0.4, -0.2) is 60.9 Å². The molecule has 2 aliphatic heterocycles. The van der Waals surface area contributed by atoms with Crippen molar-refractivity contribution in [1.82, 2.24) is 15.1 Å². The second kappa shape index (κ2) is 8.48. The van der Waals surface area contributed by atoms with Crippen LogP contribution in [0, 0.1) is 5.92 Å². The van der Waals surface area contributed by atoms with Gasteiger partial charge >= 0.3 is 0 Å². The van der Waals surface area contributed by atoms with Gasteiger partial charge in [0, 0.05) is 45.6 Å². The molecule has 3 rings (SSSR count). The summed E-state index contributed by atoms with van der Waals surface area (Å²) >= 11 is 0. The lowest BCUT2D eigenvalue weighted by atomic mass is 9.96. The van der Waals surface area contributed by atoms with Crippen molar-refractivity contribution < 1.29 is 9.59 Å². The number of carbonyl (C=O) groups is 2. The average molecular weight is 343 g/mol. The van der Waals surface area contributed by atoms with Crippen molar-refractivity contribution in [3.63, 3.8) is 0 Å². The van der Waals surface area contributed by atoms with E-state index in [-0.39, 0.29) is 17.7 Å². The fourth-order valence-electron chi connectivity index (χ4n) is 3.97. The van der Waals surface area contributed by atoms with Gasteiger partial charge in [0.25, 0.3) is 0 Å². The van der Waals surface area contributed by atoms with E-state index >= 15 is 0 Å². The lowest BCUT2D eigenvalue weighted by Crippen LogP contribution is -2.43. The molecule has 0 radical (unpaired) electrons. The number of nitrogens with zero attached hydrogens (tertiary/aromatic N) is 2. The Morgan fingerprint density at radius 2 is 1.80 bits per heavy atom. The Labute approximate surface area is 150 Å². The first-order valence-electron chi connectivity index (χ1n) is 9.44. The number of nitrogens with one attached hydrogen (secondary N) is 1. The van der Waals surface area contributed by atoms with Gasteiger partial charge in [-0.15, -0.1) is 0 Å². The molecule has 5 nitrogen and oxygen atoms in total. The molecule has 2 aliphatic rings. The van der Waals surface area contributed by atoms with Crippen LogP contribution in [0.1, 0.15) is 37.7 Å². The van der Waals surface area contributed by atoms with Crippen molar-refractivity contribution in [3.8, 4) is 0 Å². The molecule has 0 spiro atoms. The first kappa shape index (κ1) is 17.9. The Morgan fingerprint density at radius 1 is 1.08 bits per heavy atom. The Balaban J connectivity index is 1.35. The highest BCUT2D eigenvalue weighted by Gasteiger charge is 2.26. The summed E-state index contributed by atoms with van der Waals surface area (Å²) in [6, 6.07) is 10.7. The molecule has 2 amide bonds. The van der Waals surface area contributed by atoms with Gasteiger partial charge in [-0.25, -0.2) is 0 Å². The third kappa shape index (κ3) is 4.82. The second-order valence-corrected chi connectivity index (χ2v) is 7.27. The van der Waals surface area contributed by atoms with Gasteiger partial charge in [-0.2, -0.15) is 0 Å². The summed E-state index contributed by atoms with van der Waals surface area (Å²) in [6.45, 7) is 6.83. The molecule has 1 N–H and O–H groups in total. The predicted octanol–water partition coefficient (Wildman–Crippen LogP) is 1.85. The van der Waals surface area contributed by atoms with Crippen LogP contribution >= 0.6 is 0 Å². The molecule has 0 aromatic heterocycles. The highest BCUT2D eigenvalue weighted by Crippen LogP contribution is 2.26. The van der Waals surface area contributed by atoms with E-state index in [4.69, 9.17) is 0 Å². The molecule has 0 saturated carbocycles. The van der Waals surface area contributed by atoms with E-state index < -0.39 is 0 Å². The Bertz CT molecular complexity index is 582. The number of hydrogen-bond donors (Lipinski definition) is 1. The summed E-state index contributed by atoms with van der Waals surface area (Å²) in [4.78, 5) is 27.9. The number of benzene rings is 1. The average Bonchev–Trinajstić information content (AvgIpc) is 3.11. The van der Waals surface area contributed by atoms with Crippen LogP contribution in [0.2, 0.25) is 0 Å². The standard InChI is InChI=1S/C20H29N3O2/c1-16(24)23-12-8-18(9-13-23)20(25)21-10-14-22-11-7-19(15-22)17-5-3-2-4-6-17/h2-6,18-19H,7-15H2,1H3,(H,21,25)/t19-/m0/s1. The van der Waals surface area contributed by atoms with Crippen molar-refractivity contribution >= 4 is 11.8 Å². The van der Waals surface area contributed by atoms with Gasteiger partial charge in [-0.3, -0.25) is 9.59 Å². The van der Waals surface area contributed by atoms with Crippen molar-refractivity contribution in [2.24, 2.45) is 5.92 Å². The monoisotopic (exact) mass is 343 g/mol. The summed E-state index contributed by atoms with van der Waals surface area (Å²) in [5, 5.41) is 3.09. The quantitative estimate of drug-likeness (QED) is 0.888. The van der Waals surface area contributed by atoms with Crippen LogP contribution < -0.4 is 5.32 Å². The maximum atomic E-state index is 12.3. The smallest absolute Gasteiger partial charge is 0.223 e. The summed E-state index contributed by atoms with van der Waals surface area (Å²) in [6.07, 6.45) is 2.76. The topological polar surface area (TPSA) is 52.7 Å². The van der Waals surface area contributed by atoms with E-state index in [2.05, 4.69) is 40.5 Å². The molecule has 2 heterocycles. The number of piperidine rings is 1. The van der Waals surface area contributed by atoms with Crippen LogP contribution in [0.25, 0.3) is 0 Å². The molecule has 1 atom stereocenters. The number of carbonyl (C=O) groups excluding carboxylic acids is 2. The SMILES string of the molecule is CC(=O)N1CCC(C(=O)NCCN2CC[C@H](c3ccccc3)C2)CC1. The molecule has 2 fully saturated rings. The zero-order valence-corrected chi connectivity index (χ0v) is 15.1. The van der Waals surface area contributed by atoms with Gasteiger partial charge in [0.15, 0.2) is 0 Å². The molecule has 1 aromatic rings. The predicted molar refractivity (Wildman–Crippen MR) is 98.2 cm³/mol. The van der Waals surface area contributed by atoms with Gasteiger partial charge in [-0.05, 0) is 37.3 Å². The first-order chi connectivity index (χ1) is 12.1. The summed E-state index contributed by atoms with van der Waals surface area (Å²) < 4.78 is 0. The van der Waals surface area contributed by atoms with E-state index in [1.807, 2.05) is 4.90 Å². The molecule has 2 saturated heterocycles. The zero-order valence-electron chi connectivity index (χ0n) is 15.1. The van der Waals surface area contributed by atoms with Gasteiger partial charge in [0.1, 0.15) is 0 Å². The van der Waals surface area contributed by atoms with Crippen molar-refractivity contribution in [3.05, 3.63) is 35.9 Å². The number of rotatable bonds is 5. The van der Waals surface area contributed by atoms with Crippen LogP contribution in [0.15, 0.2) is 30.3 Å². The summed E-state index contributed by atoms with van der Waals surface area (Å²) in [7, 11) is 0. The van der Waals surface area contributed by atoms with Crippen molar-refractivity contribution in [2.45, 2.75) is 32.1 Å². The third-order valence-corrected chi connectivity index (χ3v) is 5.58. The van der Waals surface area contributed by atoms with Gasteiger partial charge in [-0.1, -0.05) is 30.3 Å². The number of amides is 2. The highest BCUT2D eigenvalue weighted by molar-refractivity contribution is 5.79. The van der Waals surface area contributed by atoms with Crippen LogP contribution in [-0.2, 0) is 9.59 Å². The minimum absolute atomic E-state index is 0.0613. The molecule has 5 heteroatoms. The zero-order chi connectivity index (χ0) is 17.6. The van der Waals surface area contributed by atoms with Crippen molar-refractivity contribution in [1.29, 1.82) is 0 Å². The summed E-state index contributed by atoms with van der Waals surface area (Å²) in [5.74, 6) is 0.946. The number of hydrogen-bond acceptors (Lipinski definition) is 3. The molecule has 1 aromatic carbocycles. The molecule has 0 aliphatic carbocycles. The highest BCUT2D eigenvalue weighted by atomic mass is 16.2. The molecule has 0 bridgehead atoms. The van der Waals surface area contributed by atoms with E-state index in [1.54, 1.807) is 6.92 Å². The molecule has 25 heavy (non-hydrogen) atoms. The van der Waals surface area contributed by atoms with E-state index in [0.717, 1.165) is 32.5 Å². The Morgan fingerprint density at radius 3 is 2.48 bits per heavy atom. The van der Waals surface area contributed by atoms with Crippen LogP contribution in [0.5, 0.6) is 0 Å². The molecular weight excluding hydrogens is 314 g/mol. The lowest BCUT2D eigenvalue weighted by Gasteiger charge is -2.30. The van der Waals surface area contributed by atoms with Crippen LogP contribution in [0.4, 0.5) is 0 Å².